The molecule has 2 aliphatic carbocycles. The molecule has 0 aromatic rings. The second-order valence-electron chi connectivity index (χ2n) is 7.91. The highest BCUT2D eigenvalue weighted by Gasteiger charge is 2.54. The number of ketones is 3. The van der Waals surface area contributed by atoms with E-state index < -0.39 is 17.3 Å². The molecule has 3 aliphatic rings. The maximum absolute atomic E-state index is 12.2. The van der Waals surface area contributed by atoms with Crippen molar-refractivity contribution in [3.05, 3.63) is 0 Å². The second-order valence-corrected chi connectivity index (χ2v) is 7.91. The minimum Gasteiger partial charge on any atom is -0.362 e. The van der Waals surface area contributed by atoms with E-state index in [0.717, 1.165) is 0 Å². The van der Waals surface area contributed by atoms with Crippen LogP contribution in [0, 0.1) is 11.3 Å². The Hall–Kier alpha value is -1.11. The van der Waals surface area contributed by atoms with Gasteiger partial charge >= 0.3 is 0 Å². The minimum atomic E-state index is -0.604. The number of fused-ring (bicyclic) bond motifs is 1. The molecule has 0 amide bonds. The van der Waals surface area contributed by atoms with Crippen LogP contribution in [0.3, 0.4) is 0 Å². The van der Waals surface area contributed by atoms with Crippen molar-refractivity contribution < 1.29 is 28.6 Å². The fourth-order valence-corrected chi connectivity index (χ4v) is 4.43. The van der Waals surface area contributed by atoms with Crippen molar-refractivity contribution in [2.75, 3.05) is 19.8 Å². The Kier molecular flexibility index (Phi) is 5.42. The molecule has 140 valence electrons. The van der Waals surface area contributed by atoms with E-state index in [1.165, 1.54) is 0 Å². The van der Waals surface area contributed by atoms with Crippen LogP contribution in [0.1, 0.15) is 58.8 Å². The maximum Gasteiger partial charge on any atom is 0.165 e. The van der Waals surface area contributed by atoms with Gasteiger partial charge in [-0.15, -0.1) is 0 Å². The van der Waals surface area contributed by atoms with Crippen LogP contribution in [-0.2, 0) is 28.6 Å². The van der Waals surface area contributed by atoms with Gasteiger partial charge in [-0.25, -0.2) is 0 Å². The average Bonchev–Trinajstić information content (AvgIpc) is 3.12. The highest BCUT2D eigenvalue weighted by atomic mass is 16.7. The first-order chi connectivity index (χ1) is 11.8. The van der Waals surface area contributed by atoms with Crippen LogP contribution in [0.4, 0.5) is 0 Å². The molecule has 0 aromatic heterocycles. The number of ether oxygens (including phenoxy) is 3. The van der Waals surface area contributed by atoms with Gasteiger partial charge in [0.05, 0.1) is 13.2 Å². The van der Waals surface area contributed by atoms with Crippen molar-refractivity contribution in [3.8, 4) is 0 Å². The van der Waals surface area contributed by atoms with Gasteiger partial charge in [0.1, 0.15) is 18.5 Å². The summed E-state index contributed by atoms with van der Waals surface area (Å²) in [6.07, 6.45) is 3.28. The van der Waals surface area contributed by atoms with Crippen molar-refractivity contribution in [3.63, 3.8) is 0 Å². The van der Waals surface area contributed by atoms with Gasteiger partial charge in [0.15, 0.2) is 17.4 Å². The van der Waals surface area contributed by atoms with Crippen LogP contribution < -0.4 is 0 Å². The SMILES string of the molecule is CC1(CCCC(=O)COC2C(=O)CCC3(C)C(=O)CCC23)OCCO1. The smallest absolute Gasteiger partial charge is 0.165 e. The summed E-state index contributed by atoms with van der Waals surface area (Å²) in [5.41, 5.74) is -0.451. The third-order valence-electron chi connectivity index (χ3n) is 6.12. The van der Waals surface area contributed by atoms with Crippen molar-refractivity contribution in [2.45, 2.75) is 70.7 Å². The molecule has 0 bridgehead atoms. The zero-order chi connectivity index (χ0) is 18.1. The highest BCUT2D eigenvalue weighted by Crippen LogP contribution is 2.49. The first-order valence-electron chi connectivity index (χ1n) is 9.31. The molecule has 0 N–H and O–H groups in total. The molecule has 25 heavy (non-hydrogen) atoms. The van der Waals surface area contributed by atoms with Crippen LogP contribution in [-0.4, -0.2) is 49.1 Å². The third kappa shape index (κ3) is 3.86. The fourth-order valence-electron chi connectivity index (χ4n) is 4.43. The van der Waals surface area contributed by atoms with Crippen molar-refractivity contribution in [1.82, 2.24) is 0 Å². The van der Waals surface area contributed by atoms with E-state index in [1.54, 1.807) is 0 Å². The van der Waals surface area contributed by atoms with E-state index in [0.29, 0.717) is 58.2 Å². The monoisotopic (exact) mass is 352 g/mol. The Morgan fingerprint density at radius 1 is 1.20 bits per heavy atom. The number of rotatable bonds is 7. The lowest BCUT2D eigenvalue weighted by Crippen LogP contribution is -2.47. The van der Waals surface area contributed by atoms with Crippen LogP contribution >= 0.6 is 0 Å². The number of Topliss-reactive ketones (excluding diaryl/α,β-unsaturated/α-hetero) is 3. The van der Waals surface area contributed by atoms with Gasteiger partial charge in [-0.3, -0.25) is 14.4 Å². The lowest BCUT2D eigenvalue weighted by molar-refractivity contribution is -0.151. The fraction of sp³-hybridized carbons (Fsp3) is 0.842. The van der Waals surface area contributed by atoms with Crippen molar-refractivity contribution >= 4 is 17.3 Å². The molecule has 1 heterocycles. The molecule has 0 radical (unpaired) electrons. The van der Waals surface area contributed by atoms with E-state index in [1.807, 2.05) is 13.8 Å². The zero-order valence-corrected chi connectivity index (χ0v) is 15.2. The van der Waals surface area contributed by atoms with E-state index in [-0.39, 0.29) is 29.9 Å². The predicted molar refractivity (Wildman–Crippen MR) is 89.0 cm³/mol. The molecular weight excluding hydrogens is 324 g/mol. The van der Waals surface area contributed by atoms with Gasteiger partial charge in [-0.05, 0) is 26.2 Å². The molecule has 2 saturated carbocycles. The van der Waals surface area contributed by atoms with Crippen LogP contribution in [0.15, 0.2) is 0 Å². The second kappa shape index (κ2) is 7.25. The average molecular weight is 352 g/mol. The molecule has 3 fully saturated rings. The molecule has 1 saturated heterocycles. The maximum atomic E-state index is 12.2. The van der Waals surface area contributed by atoms with E-state index in [9.17, 15) is 14.4 Å². The lowest BCUT2D eigenvalue weighted by atomic mass is 9.67. The molecule has 0 aromatic carbocycles. The summed E-state index contributed by atoms with van der Waals surface area (Å²) in [7, 11) is 0. The van der Waals surface area contributed by atoms with E-state index in [4.69, 9.17) is 14.2 Å². The Labute approximate surface area is 148 Å². The topological polar surface area (TPSA) is 78.9 Å². The van der Waals surface area contributed by atoms with Crippen molar-refractivity contribution in [1.29, 1.82) is 0 Å². The van der Waals surface area contributed by atoms with Crippen LogP contribution in [0.25, 0.3) is 0 Å². The summed E-state index contributed by atoms with van der Waals surface area (Å²) < 4.78 is 16.8. The summed E-state index contributed by atoms with van der Waals surface area (Å²) >= 11 is 0. The molecule has 6 nitrogen and oxygen atoms in total. The summed E-state index contributed by atoms with van der Waals surface area (Å²) in [4.78, 5) is 36.5. The number of carbonyl (C=O) groups excluding carboxylic acids is 3. The first kappa shape index (κ1) is 18.7. The van der Waals surface area contributed by atoms with Crippen molar-refractivity contribution in [2.24, 2.45) is 11.3 Å². The predicted octanol–water partition coefficient (Wildman–Crippen LogP) is 2.22. The minimum absolute atomic E-state index is 0.0222. The molecule has 3 rings (SSSR count). The van der Waals surface area contributed by atoms with E-state index in [2.05, 4.69) is 0 Å². The lowest BCUT2D eigenvalue weighted by Gasteiger charge is -2.39. The van der Waals surface area contributed by atoms with Gasteiger partial charge in [0, 0.05) is 37.0 Å². The van der Waals surface area contributed by atoms with Crippen LogP contribution in [0.5, 0.6) is 0 Å². The Morgan fingerprint density at radius 2 is 1.92 bits per heavy atom. The molecule has 6 heteroatoms. The third-order valence-corrected chi connectivity index (χ3v) is 6.12. The van der Waals surface area contributed by atoms with E-state index >= 15 is 0 Å². The summed E-state index contributed by atoms with van der Waals surface area (Å²) in [5, 5.41) is 0. The standard InChI is InChI=1S/C19H28O6/c1-18-9-7-15(21)17(14(18)5-6-16(18)22)23-12-13(20)4-3-8-19(2)24-10-11-25-19/h14,17H,3-12H2,1-2H3. The number of hydrogen-bond acceptors (Lipinski definition) is 6. The molecule has 3 atom stereocenters. The zero-order valence-electron chi connectivity index (χ0n) is 15.2. The Balaban J connectivity index is 1.46. The Morgan fingerprint density at radius 3 is 2.64 bits per heavy atom. The largest absolute Gasteiger partial charge is 0.362 e. The summed E-state index contributed by atoms with van der Waals surface area (Å²) in [6, 6.07) is 0. The summed E-state index contributed by atoms with van der Waals surface area (Å²) in [6.45, 7) is 4.96. The molecule has 1 aliphatic heterocycles. The highest BCUT2D eigenvalue weighted by molar-refractivity contribution is 5.93. The van der Waals surface area contributed by atoms with Gasteiger partial charge in [0.2, 0.25) is 0 Å². The quantitative estimate of drug-likeness (QED) is 0.699. The van der Waals surface area contributed by atoms with Gasteiger partial charge < -0.3 is 14.2 Å². The number of carbonyl (C=O) groups is 3. The van der Waals surface area contributed by atoms with Gasteiger partial charge in [-0.1, -0.05) is 6.92 Å². The molecule has 0 spiro atoms. The number of hydrogen-bond donors (Lipinski definition) is 0. The first-order valence-corrected chi connectivity index (χ1v) is 9.31. The molecular formula is C19H28O6. The van der Waals surface area contributed by atoms with Crippen LogP contribution in [0.2, 0.25) is 0 Å². The van der Waals surface area contributed by atoms with Gasteiger partial charge in [0.25, 0.3) is 0 Å². The summed E-state index contributed by atoms with van der Waals surface area (Å²) in [5.74, 6) is -0.411. The normalized spacial score (nSPS) is 34.3. The molecule has 3 unspecified atom stereocenters. The van der Waals surface area contributed by atoms with Gasteiger partial charge in [-0.2, -0.15) is 0 Å². The Bertz CT molecular complexity index is 550.